The minimum absolute atomic E-state index is 0. The largest absolute Gasteiger partial charge is 3.00 e. The molecule has 6 heavy (non-hydrogen) atoms. The Kier molecular flexibility index (Phi) is 648. The summed E-state index contributed by atoms with van der Waals surface area (Å²) in [5.74, 6) is 0. The quantitative estimate of drug-likeness (QED) is 0.383. The van der Waals surface area contributed by atoms with Crippen molar-refractivity contribution in [1.29, 1.82) is 0 Å². The van der Waals surface area contributed by atoms with Gasteiger partial charge in [-0.2, -0.15) is 0 Å². The topological polar surface area (TPSA) is 0 Å². The Bertz CT molecular complexity index is 7.51. The van der Waals surface area contributed by atoms with Crippen molar-refractivity contribution < 1.29 is 90.9 Å². The fraction of sp³-hybridized carbons (Fsp3) is 0. The van der Waals surface area contributed by atoms with Gasteiger partial charge < -0.3 is 49.6 Å². The molecule has 0 saturated heterocycles. The van der Waals surface area contributed by atoms with Crippen LogP contribution in [0.25, 0.3) is 0 Å². The predicted octanol–water partition coefficient (Wildman–Crippen LogP) is -15.0. The molecule has 0 fully saturated rings. The van der Waals surface area contributed by atoms with Crippen LogP contribution in [0.2, 0.25) is 0 Å². The normalized spacial score (nSPS) is 0. The van der Waals surface area contributed by atoms with Crippen LogP contribution in [0.4, 0.5) is 0 Å². The third-order valence-corrected chi connectivity index (χ3v) is 0. The van der Waals surface area contributed by atoms with Crippen LogP contribution in [0.3, 0.4) is 0 Å². The molecule has 0 rings (SSSR count). The van der Waals surface area contributed by atoms with E-state index in [1.165, 1.54) is 0 Å². The molecule has 0 aromatic rings. The van der Waals surface area contributed by atoms with Crippen molar-refractivity contribution >= 4 is 0 Å². The van der Waals surface area contributed by atoms with E-state index in [0.717, 1.165) is 0 Å². The monoisotopic (exact) mass is 344 g/mol. The first-order chi connectivity index (χ1) is 0. The summed E-state index contributed by atoms with van der Waals surface area (Å²) in [4.78, 5) is 0. The second-order valence-electron chi connectivity index (χ2n) is 0. The molecule has 0 radical (unpaired) electrons. The summed E-state index contributed by atoms with van der Waals surface area (Å²) in [6.07, 6.45) is 0. The summed E-state index contributed by atoms with van der Waals surface area (Å²) >= 11 is 0. The first-order valence-corrected chi connectivity index (χ1v) is 0. The number of halogens is 4. The van der Waals surface area contributed by atoms with E-state index in [0.29, 0.717) is 0 Å². The van der Waals surface area contributed by atoms with Crippen molar-refractivity contribution in [3.8, 4) is 0 Å². The fourth-order valence-corrected chi connectivity index (χ4v) is 0. The molecule has 0 amide bonds. The number of rotatable bonds is 0. The summed E-state index contributed by atoms with van der Waals surface area (Å²) < 4.78 is 0. The summed E-state index contributed by atoms with van der Waals surface area (Å²) in [6, 6.07) is 0. The van der Waals surface area contributed by atoms with Gasteiger partial charge in [-0.05, 0) is 0 Å². The molecular weight excluding hydrogens is 346 g/mol. The Morgan fingerprint density at radius 3 is 0.500 bits per heavy atom. The van der Waals surface area contributed by atoms with E-state index in [4.69, 9.17) is 0 Å². The van der Waals surface area contributed by atoms with Gasteiger partial charge in [0.2, 0.25) is 0 Å². The van der Waals surface area contributed by atoms with Gasteiger partial charge >= 0.3 is 41.2 Å². The van der Waals surface area contributed by atoms with Crippen molar-refractivity contribution in [2.45, 2.75) is 0 Å². The maximum atomic E-state index is 0. The molecule has 0 aromatic carbocycles. The van der Waals surface area contributed by atoms with Gasteiger partial charge in [0.05, 0.1) is 0 Å². The van der Waals surface area contributed by atoms with Crippen molar-refractivity contribution in [3.05, 3.63) is 0 Å². The third kappa shape index (κ3) is 31.5. The van der Waals surface area contributed by atoms with Crippen LogP contribution in [0, 0.1) is 0 Å². The van der Waals surface area contributed by atoms with E-state index in [2.05, 4.69) is 0 Å². The number of hydrogen-bond acceptors (Lipinski definition) is 0. The van der Waals surface area contributed by atoms with E-state index in [1.807, 2.05) is 0 Å². The van der Waals surface area contributed by atoms with E-state index in [9.17, 15) is 0 Å². The van der Waals surface area contributed by atoms with Gasteiger partial charge in [-0.1, -0.05) is 0 Å². The molecule has 0 unspecified atom stereocenters. The Morgan fingerprint density at radius 1 is 0.500 bits per heavy atom. The maximum absolute atomic E-state index is 0. The first kappa shape index (κ1) is 76.6. The minimum Gasteiger partial charge on any atom is -1.00 e. The van der Waals surface area contributed by atoms with Crippen LogP contribution >= 0.6 is 0 Å². The van der Waals surface area contributed by atoms with Crippen molar-refractivity contribution in [2.75, 3.05) is 0 Å². The molecular formula is AuCl4Li. The van der Waals surface area contributed by atoms with Crippen LogP contribution in [0.1, 0.15) is 0 Å². The molecule has 0 aromatic heterocycles. The zero-order valence-electron chi connectivity index (χ0n) is 2.81. The Labute approximate surface area is 89.9 Å². The molecule has 0 atom stereocenters. The van der Waals surface area contributed by atoms with Gasteiger partial charge in [0.15, 0.2) is 0 Å². The Balaban J connectivity index is 0. The number of hydrogen-bond donors (Lipinski definition) is 0. The van der Waals surface area contributed by atoms with Crippen LogP contribution in [-0.2, 0) is 22.4 Å². The van der Waals surface area contributed by atoms with E-state index in [-0.39, 0.29) is 90.9 Å². The van der Waals surface area contributed by atoms with E-state index < -0.39 is 0 Å². The fourth-order valence-electron chi connectivity index (χ4n) is 0. The standard InChI is InChI=1S/Au.4ClH.Li/h;4*1H;/q+3;;;;;+1/p-4. The third-order valence-electron chi connectivity index (χ3n) is 0. The molecule has 0 spiro atoms. The maximum Gasteiger partial charge on any atom is 3.00 e. The van der Waals surface area contributed by atoms with Crippen LogP contribution in [0.15, 0.2) is 0 Å². The molecule has 0 aliphatic rings. The molecule has 40 valence electrons. The molecule has 6 heteroatoms. The minimum atomic E-state index is 0. The molecule has 0 N–H and O–H groups in total. The van der Waals surface area contributed by atoms with Gasteiger partial charge in [-0.3, -0.25) is 0 Å². The van der Waals surface area contributed by atoms with Gasteiger partial charge in [-0.15, -0.1) is 0 Å². The molecule has 0 aliphatic carbocycles. The van der Waals surface area contributed by atoms with Crippen molar-refractivity contribution in [2.24, 2.45) is 0 Å². The summed E-state index contributed by atoms with van der Waals surface area (Å²) in [6.45, 7) is 0. The second-order valence-corrected chi connectivity index (χ2v) is 0. The molecule has 0 aliphatic heterocycles. The van der Waals surface area contributed by atoms with Crippen LogP contribution in [0.5, 0.6) is 0 Å². The van der Waals surface area contributed by atoms with Crippen LogP contribution in [-0.4, -0.2) is 0 Å². The van der Waals surface area contributed by atoms with Gasteiger partial charge in [0.25, 0.3) is 0 Å². The molecule has 0 bridgehead atoms. The summed E-state index contributed by atoms with van der Waals surface area (Å²) in [5, 5.41) is 0. The first-order valence-electron chi connectivity index (χ1n) is 0. The average Bonchev–Trinajstić information content (AvgIpc) is 0. The molecule has 0 saturated carbocycles. The summed E-state index contributed by atoms with van der Waals surface area (Å²) in [5.41, 5.74) is 0. The second kappa shape index (κ2) is 50.7. The Hall–Kier alpha value is 2.50. The van der Waals surface area contributed by atoms with Crippen molar-refractivity contribution in [3.63, 3.8) is 0 Å². The van der Waals surface area contributed by atoms with E-state index >= 15 is 0 Å². The predicted molar refractivity (Wildman–Crippen MR) is 0 cm³/mol. The zero-order valence-corrected chi connectivity index (χ0v) is 8.00. The Morgan fingerprint density at radius 2 is 0.500 bits per heavy atom. The SMILES string of the molecule is [Au+3].[Cl-].[Cl-].[Cl-].[Cl-].[Li+]. The zero-order chi connectivity index (χ0) is 0. The van der Waals surface area contributed by atoms with Gasteiger partial charge in [-0.25, -0.2) is 0 Å². The van der Waals surface area contributed by atoms with Gasteiger partial charge in [0, 0.05) is 0 Å². The average molecular weight is 346 g/mol. The van der Waals surface area contributed by atoms with E-state index in [1.54, 1.807) is 0 Å². The van der Waals surface area contributed by atoms with Crippen LogP contribution < -0.4 is 68.5 Å². The summed E-state index contributed by atoms with van der Waals surface area (Å²) in [7, 11) is 0. The van der Waals surface area contributed by atoms with Crippen molar-refractivity contribution in [1.82, 2.24) is 0 Å². The smallest absolute Gasteiger partial charge is 1.00 e. The van der Waals surface area contributed by atoms with Gasteiger partial charge in [0.1, 0.15) is 0 Å². The molecule has 0 heterocycles. The molecule has 0 nitrogen and oxygen atoms in total.